The van der Waals surface area contributed by atoms with E-state index in [0.717, 1.165) is 51.9 Å². The third-order valence-corrected chi connectivity index (χ3v) is 9.46. The molecule has 7 nitrogen and oxygen atoms in total. The molecule has 2 aliphatic carbocycles. The molecule has 8 atom stereocenters. The van der Waals surface area contributed by atoms with E-state index >= 15 is 0 Å². The summed E-state index contributed by atoms with van der Waals surface area (Å²) in [6.07, 6.45) is 11.6. The van der Waals surface area contributed by atoms with E-state index in [1.54, 1.807) is 6.92 Å². The monoisotopic (exact) mass is 461 g/mol. The van der Waals surface area contributed by atoms with Crippen LogP contribution in [-0.2, 0) is 9.53 Å². The number of hydrogen-bond donors (Lipinski definition) is 3. The molecule has 0 spiro atoms. The number of carbonyl (C=O) groups excluding carboxylic acids is 1. The van der Waals surface area contributed by atoms with Crippen LogP contribution in [-0.4, -0.2) is 91.5 Å². The summed E-state index contributed by atoms with van der Waals surface area (Å²) in [4.78, 5) is 17.1. The van der Waals surface area contributed by atoms with Gasteiger partial charge in [-0.2, -0.15) is 0 Å². The maximum absolute atomic E-state index is 12.2. The molecule has 1 amide bonds. The van der Waals surface area contributed by atoms with Crippen molar-refractivity contribution < 1.29 is 9.53 Å². The first-order valence-corrected chi connectivity index (χ1v) is 13.9. The summed E-state index contributed by atoms with van der Waals surface area (Å²) in [7, 11) is 0. The van der Waals surface area contributed by atoms with E-state index in [9.17, 15) is 4.79 Å². The number of hydrogen-bond acceptors (Lipinski definition) is 6. The molecule has 5 fully saturated rings. The van der Waals surface area contributed by atoms with Crippen LogP contribution in [0.5, 0.6) is 0 Å². The molecule has 3 heterocycles. The van der Waals surface area contributed by atoms with Gasteiger partial charge in [0.05, 0.1) is 19.4 Å². The van der Waals surface area contributed by atoms with Crippen molar-refractivity contribution in [1.82, 2.24) is 25.8 Å². The molecule has 3 saturated heterocycles. The number of morpholine rings is 1. The third-order valence-electron chi connectivity index (χ3n) is 9.46. The Balaban J connectivity index is 1.12. The van der Waals surface area contributed by atoms with Crippen molar-refractivity contribution in [3.63, 3.8) is 0 Å². The van der Waals surface area contributed by atoms with Crippen LogP contribution in [0.3, 0.4) is 0 Å². The van der Waals surface area contributed by atoms with Gasteiger partial charge in [0.15, 0.2) is 0 Å². The van der Waals surface area contributed by atoms with Crippen molar-refractivity contribution >= 4 is 5.91 Å². The lowest BCUT2D eigenvalue weighted by Gasteiger charge is -2.45. The van der Waals surface area contributed by atoms with Crippen LogP contribution < -0.4 is 16.0 Å². The minimum atomic E-state index is 0.266. The molecule has 7 heteroatoms. The zero-order chi connectivity index (χ0) is 22.8. The minimum Gasteiger partial charge on any atom is -0.379 e. The number of carbonyl (C=O) groups is 1. The van der Waals surface area contributed by atoms with Gasteiger partial charge in [-0.05, 0) is 69.7 Å². The van der Waals surface area contributed by atoms with E-state index in [1.165, 1.54) is 51.4 Å². The van der Waals surface area contributed by atoms with Crippen LogP contribution >= 0.6 is 0 Å². The van der Waals surface area contributed by atoms with Crippen LogP contribution in [0.25, 0.3) is 0 Å². The van der Waals surface area contributed by atoms with E-state index < -0.39 is 0 Å². The summed E-state index contributed by atoms with van der Waals surface area (Å²) in [6.45, 7) is 10.3. The summed E-state index contributed by atoms with van der Waals surface area (Å²) >= 11 is 0. The Kier molecular flexibility index (Phi) is 7.92. The quantitative estimate of drug-likeness (QED) is 0.581. The zero-order valence-corrected chi connectivity index (χ0v) is 20.9. The summed E-state index contributed by atoms with van der Waals surface area (Å²) in [5.41, 5.74) is 0. The molecule has 5 rings (SSSR count). The fourth-order valence-corrected chi connectivity index (χ4v) is 7.71. The van der Waals surface area contributed by atoms with Crippen molar-refractivity contribution in [3.05, 3.63) is 0 Å². The van der Waals surface area contributed by atoms with Crippen LogP contribution in [0.2, 0.25) is 0 Å². The number of piperidine rings is 1. The Labute approximate surface area is 200 Å². The second-order valence-electron chi connectivity index (χ2n) is 11.5. The maximum atomic E-state index is 12.2. The highest BCUT2D eigenvalue weighted by Crippen LogP contribution is 2.37. The maximum Gasteiger partial charge on any atom is 0.219 e. The number of likely N-dealkylation sites (tertiary alicyclic amines) is 1. The standard InChI is InChI=1S/C26H47N5O2/c1-18-16-22(30-12-14-33-15-13-30)6-7-23(18)29-25-17-21(8-10-27-25)28-24-5-3-4-20-9-11-31(19(2)32)26(20)24/h18,20-29H,3-17H2,1-2H3. The van der Waals surface area contributed by atoms with Gasteiger partial charge in [0.25, 0.3) is 0 Å². The second-order valence-corrected chi connectivity index (χ2v) is 11.5. The summed E-state index contributed by atoms with van der Waals surface area (Å²) in [6, 6.07) is 2.79. The van der Waals surface area contributed by atoms with Gasteiger partial charge < -0.3 is 20.3 Å². The molecule has 0 aromatic rings. The molecule has 0 radical (unpaired) electrons. The van der Waals surface area contributed by atoms with Gasteiger partial charge in [-0.25, -0.2) is 0 Å². The summed E-state index contributed by atoms with van der Waals surface area (Å²) in [5.74, 6) is 1.68. The van der Waals surface area contributed by atoms with Gasteiger partial charge in [0.1, 0.15) is 0 Å². The van der Waals surface area contributed by atoms with E-state index in [4.69, 9.17) is 4.74 Å². The molecule has 33 heavy (non-hydrogen) atoms. The van der Waals surface area contributed by atoms with Gasteiger partial charge in [-0.1, -0.05) is 13.3 Å². The zero-order valence-electron chi connectivity index (χ0n) is 20.9. The van der Waals surface area contributed by atoms with Crippen molar-refractivity contribution in [2.45, 2.75) is 108 Å². The predicted octanol–water partition coefficient (Wildman–Crippen LogP) is 1.92. The highest BCUT2D eigenvalue weighted by molar-refractivity contribution is 5.74. The van der Waals surface area contributed by atoms with E-state index in [0.29, 0.717) is 42.2 Å². The van der Waals surface area contributed by atoms with Crippen LogP contribution in [0, 0.1) is 11.8 Å². The Morgan fingerprint density at radius 3 is 2.58 bits per heavy atom. The van der Waals surface area contributed by atoms with Gasteiger partial charge in [0, 0.05) is 56.8 Å². The first-order valence-electron chi connectivity index (χ1n) is 13.9. The molecular formula is C26H47N5O2. The molecule has 3 aliphatic heterocycles. The van der Waals surface area contributed by atoms with Crippen molar-refractivity contribution in [2.24, 2.45) is 11.8 Å². The van der Waals surface area contributed by atoms with Crippen molar-refractivity contribution in [2.75, 3.05) is 39.4 Å². The Morgan fingerprint density at radius 2 is 1.79 bits per heavy atom. The normalized spacial score (nSPS) is 42.8. The average molecular weight is 462 g/mol. The lowest BCUT2D eigenvalue weighted by Crippen LogP contribution is -2.61. The lowest BCUT2D eigenvalue weighted by atomic mass is 9.80. The van der Waals surface area contributed by atoms with E-state index in [2.05, 4.69) is 32.7 Å². The molecule has 0 aromatic carbocycles. The highest BCUT2D eigenvalue weighted by atomic mass is 16.5. The van der Waals surface area contributed by atoms with Crippen LogP contribution in [0.1, 0.15) is 71.6 Å². The minimum absolute atomic E-state index is 0.266. The Bertz CT molecular complexity index is 657. The van der Waals surface area contributed by atoms with Crippen molar-refractivity contribution in [1.29, 1.82) is 0 Å². The molecule has 2 saturated carbocycles. The molecule has 3 N–H and O–H groups in total. The average Bonchev–Trinajstić information content (AvgIpc) is 3.27. The van der Waals surface area contributed by atoms with Crippen molar-refractivity contribution in [3.8, 4) is 0 Å². The third kappa shape index (κ3) is 5.58. The fourth-order valence-electron chi connectivity index (χ4n) is 7.71. The molecule has 188 valence electrons. The number of amides is 1. The molecule has 0 aromatic heterocycles. The number of nitrogens with zero attached hydrogens (tertiary/aromatic N) is 2. The molecular weight excluding hydrogens is 414 g/mol. The number of rotatable bonds is 5. The first-order chi connectivity index (χ1) is 16.1. The van der Waals surface area contributed by atoms with E-state index in [1.807, 2.05) is 0 Å². The van der Waals surface area contributed by atoms with Gasteiger partial charge in [0.2, 0.25) is 5.91 Å². The largest absolute Gasteiger partial charge is 0.379 e. The predicted molar refractivity (Wildman–Crippen MR) is 131 cm³/mol. The highest BCUT2D eigenvalue weighted by Gasteiger charge is 2.43. The number of nitrogens with one attached hydrogen (secondary N) is 3. The number of ether oxygens (including phenoxy) is 1. The van der Waals surface area contributed by atoms with Crippen LogP contribution in [0.15, 0.2) is 0 Å². The SMILES string of the molecule is CC(=O)N1CCC2CCCC(NC3CCNC(NC4CCC(N5CCOCC5)CC4C)C3)C21. The first kappa shape index (κ1) is 24.0. The number of fused-ring (bicyclic) bond motifs is 1. The van der Waals surface area contributed by atoms with Gasteiger partial charge in [-0.15, -0.1) is 0 Å². The Hall–Kier alpha value is -0.730. The van der Waals surface area contributed by atoms with E-state index in [-0.39, 0.29) is 5.91 Å². The fraction of sp³-hybridized carbons (Fsp3) is 0.962. The molecule has 5 aliphatic rings. The summed E-state index contributed by atoms with van der Waals surface area (Å²) < 4.78 is 5.56. The molecule has 8 unspecified atom stereocenters. The Morgan fingerprint density at radius 1 is 0.939 bits per heavy atom. The summed E-state index contributed by atoms with van der Waals surface area (Å²) in [5, 5.41) is 11.8. The van der Waals surface area contributed by atoms with Crippen LogP contribution in [0.4, 0.5) is 0 Å². The smallest absolute Gasteiger partial charge is 0.219 e. The van der Waals surface area contributed by atoms with Gasteiger partial charge in [-0.3, -0.25) is 15.0 Å². The lowest BCUT2D eigenvalue weighted by molar-refractivity contribution is -0.131. The topological polar surface area (TPSA) is 68.9 Å². The van der Waals surface area contributed by atoms with Gasteiger partial charge >= 0.3 is 0 Å². The second kappa shape index (κ2) is 10.9. The molecule has 0 bridgehead atoms.